The van der Waals surface area contributed by atoms with Crippen molar-refractivity contribution in [3.63, 3.8) is 0 Å². The Morgan fingerprint density at radius 2 is 2.04 bits per heavy atom. The van der Waals surface area contributed by atoms with Crippen LogP contribution in [0.3, 0.4) is 0 Å². The number of hydrogen-bond acceptors (Lipinski definition) is 6. The Morgan fingerprint density at radius 3 is 2.75 bits per heavy atom. The first-order chi connectivity index (χ1) is 11.5. The molecule has 7 nitrogen and oxygen atoms in total. The van der Waals surface area contributed by atoms with Gasteiger partial charge in [-0.15, -0.1) is 11.3 Å². The molecule has 0 bridgehead atoms. The summed E-state index contributed by atoms with van der Waals surface area (Å²) in [6.07, 6.45) is -0.461. The number of aromatic nitrogens is 1. The number of esters is 1. The fourth-order valence-corrected chi connectivity index (χ4v) is 2.93. The lowest BCUT2D eigenvalue weighted by Crippen LogP contribution is -2.44. The van der Waals surface area contributed by atoms with Crippen molar-refractivity contribution in [3.8, 4) is 0 Å². The second-order valence-electron chi connectivity index (χ2n) is 5.06. The number of benzene rings is 1. The highest BCUT2D eigenvalue weighted by Crippen LogP contribution is 2.22. The van der Waals surface area contributed by atoms with E-state index in [0.29, 0.717) is 13.0 Å². The second-order valence-corrected chi connectivity index (χ2v) is 6.17. The molecule has 0 aliphatic carbocycles. The molecular weight excluding hydrogens is 330 g/mol. The molecule has 2 rings (SSSR count). The quantitative estimate of drug-likeness (QED) is 0.778. The molecule has 1 aromatic carbocycles. The van der Waals surface area contributed by atoms with E-state index < -0.39 is 24.0 Å². The number of nitrogens with zero attached hydrogens (tertiary/aromatic N) is 1. The molecule has 128 valence electrons. The number of aryl methyl sites for hydroxylation is 1. The number of imide groups is 1. The topological polar surface area (TPSA) is 97.4 Å². The van der Waals surface area contributed by atoms with Crippen molar-refractivity contribution in [2.75, 3.05) is 6.54 Å². The van der Waals surface area contributed by atoms with Gasteiger partial charge in [-0.05, 0) is 26.0 Å². The van der Waals surface area contributed by atoms with Gasteiger partial charge in [-0.3, -0.25) is 14.9 Å². The van der Waals surface area contributed by atoms with Gasteiger partial charge in [0.1, 0.15) is 0 Å². The van der Waals surface area contributed by atoms with E-state index in [2.05, 4.69) is 15.6 Å². The maximum Gasteiger partial charge on any atom is 0.321 e. The molecule has 0 aliphatic rings. The number of fused-ring (bicyclic) bond motifs is 1. The number of rotatable bonds is 6. The highest BCUT2D eigenvalue weighted by molar-refractivity contribution is 7.18. The number of amides is 3. The van der Waals surface area contributed by atoms with Crippen LogP contribution in [0.2, 0.25) is 0 Å². The van der Waals surface area contributed by atoms with Crippen LogP contribution in [0.25, 0.3) is 10.2 Å². The molecule has 0 radical (unpaired) electrons. The summed E-state index contributed by atoms with van der Waals surface area (Å²) in [5.74, 6) is -1.16. The molecule has 0 saturated carbocycles. The minimum Gasteiger partial charge on any atom is -0.453 e. The Bertz CT molecular complexity index is 711. The van der Waals surface area contributed by atoms with Gasteiger partial charge in [0.15, 0.2) is 6.10 Å². The molecule has 24 heavy (non-hydrogen) atoms. The van der Waals surface area contributed by atoms with Gasteiger partial charge in [0.25, 0.3) is 5.91 Å². The molecule has 0 saturated heterocycles. The van der Waals surface area contributed by atoms with Gasteiger partial charge in [-0.2, -0.15) is 0 Å². The standard InChI is InChI=1S/C16H19N3O4S/c1-3-17-16(22)19-15(21)10(2)23-14(20)9-8-13-18-11-6-4-5-7-12(11)24-13/h4-7,10H,3,8-9H2,1-2H3,(H2,17,19,21,22). The van der Waals surface area contributed by atoms with Crippen LogP contribution >= 0.6 is 11.3 Å². The zero-order valence-electron chi connectivity index (χ0n) is 13.5. The van der Waals surface area contributed by atoms with E-state index in [4.69, 9.17) is 4.74 Å². The predicted molar refractivity (Wildman–Crippen MR) is 90.7 cm³/mol. The Balaban J connectivity index is 1.79. The molecule has 0 spiro atoms. The third-order valence-electron chi connectivity index (χ3n) is 3.13. The number of carbonyl (C=O) groups is 3. The van der Waals surface area contributed by atoms with Crippen LogP contribution in [0.1, 0.15) is 25.3 Å². The summed E-state index contributed by atoms with van der Waals surface area (Å²) in [6, 6.07) is 7.13. The predicted octanol–water partition coefficient (Wildman–Crippen LogP) is 2.01. The summed E-state index contributed by atoms with van der Waals surface area (Å²) in [7, 11) is 0. The van der Waals surface area contributed by atoms with E-state index in [9.17, 15) is 14.4 Å². The van der Waals surface area contributed by atoms with Crippen LogP contribution in [0.15, 0.2) is 24.3 Å². The molecule has 1 atom stereocenters. The summed E-state index contributed by atoms with van der Waals surface area (Å²) in [5.41, 5.74) is 0.903. The van der Waals surface area contributed by atoms with E-state index in [1.807, 2.05) is 24.3 Å². The van der Waals surface area contributed by atoms with Gasteiger partial charge >= 0.3 is 12.0 Å². The van der Waals surface area contributed by atoms with E-state index in [-0.39, 0.29) is 6.42 Å². The Kier molecular flexibility index (Phi) is 6.25. The molecule has 1 aromatic heterocycles. The molecule has 0 aliphatic heterocycles. The van der Waals surface area contributed by atoms with Gasteiger partial charge < -0.3 is 10.1 Å². The molecule has 1 unspecified atom stereocenters. The van der Waals surface area contributed by atoms with Crippen molar-refractivity contribution < 1.29 is 19.1 Å². The average Bonchev–Trinajstić information content (AvgIpc) is 2.96. The van der Waals surface area contributed by atoms with Crippen LogP contribution in [-0.4, -0.2) is 35.5 Å². The number of carbonyl (C=O) groups excluding carboxylic acids is 3. The SMILES string of the molecule is CCNC(=O)NC(=O)C(C)OC(=O)CCc1nc2ccccc2s1. The highest BCUT2D eigenvalue weighted by Gasteiger charge is 2.19. The average molecular weight is 349 g/mol. The molecule has 8 heteroatoms. The third kappa shape index (κ3) is 5.02. The van der Waals surface area contributed by atoms with Gasteiger partial charge in [-0.1, -0.05) is 12.1 Å². The number of thiazole rings is 1. The van der Waals surface area contributed by atoms with Crippen molar-refractivity contribution in [2.24, 2.45) is 0 Å². The largest absolute Gasteiger partial charge is 0.453 e. The van der Waals surface area contributed by atoms with Crippen molar-refractivity contribution in [2.45, 2.75) is 32.8 Å². The monoisotopic (exact) mass is 349 g/mol. The van der Waals surface area contributed by atoms with Gasteiger partial charge in [0.2, 0.25) is 0 Å². The van der Waals surface area contributed by atoms with E-state index in [1.165, 1.54) is 18.3 Å². The summed E-state index contributed by atoms with van der Waals surface area (Å²) in [5, 5.41) is 5.37. The number of urea groups is 1. The van der Waals surface area contributed by atoms with Crippen molar-refractivity contribution in [1.29, 1.82) is 0 Å². The number of para-hydroxylation sites is 1. The zero-order valence-corrected chi connectivity index (χ0v) is 14.3. The Labute approximate surface area is 143 Å². The molecule has 2 N–H and O–H groups in total. The Hall–Kier alpha value is -2.48. The maximum atomic E-state index is 11.8. The minimum absolute atomic E-state index is 0.124. The number of nitrogens with one attached hydrogen (secondary N) is 2. The number of hydrogen-bond donors (Lipinski definition) is 2. The fourth-order valence-electron chi connectivity index (χ4n) is 1.96. The van der Waals surface area contributed by atoms with Crippen molar-refractivity contribution in [3.05, 3.63) is 29.3 Å². The maximum absolute atomic E-state index is 11.8. The first-order valence-corrected chi connectivity index (χ1v) is 8.44. The summed E-state index contributed by atoms with van der Waals surface area (Å²) in [4.78, 5) is 39.2. The van der Waals surface area contributed by atoms with E-state index in [0.717, 1.165) is 15.2 Å². The van der Waals surface area contributed by atoms with Gasteiger partial charge in [0, 0.05) is 13.0 Å². The van der Waals surface area contributed by atoms with E-state index >= 15 is 0 Å². The van der Waals surface area contributed by atoms with Gasteiger partial charge in [0.05, 0.1) is 21.6 Å². The van der Waals surface area contributed by atoms with Crippen LogP contribution in [0.4, 0.5) is 4.79 Å². The molecule has 0 fully saturated rings. The smallest absolute Gasteiger partial charge is 0.321 e. The summed E-state index contributed by atoms with van der Waals surface area (Å²) < 4.78 is 6.10. The lowest BCUT2D eigenvalue weighted by Gasteiger charge is -2.12. The first kappa shape index (κ1) is 17.9. The summed E-state index contributed by atoms with van der Waals surface area (Å²) >= 11 is 1.53. The third-order valence-corrected chi connectivity index (χ3v) is 4.23. The summed E-state index contributed by atoms with van der Waals surface area (Å²) in [6.45, 7) is 3.55. The second kappa shape index (κ2) is 8.39. The molecule has 2 aromatic rings. The van der Waals surface area contributed by atoms with Gasteiger partial charge in [-0.25, -0.2) is 9.78 Å². The molecule has 1 heterocycles. The molecular formula is C16H19N3O4S. The number of ether oxygens (including phenoxy) is 1. The van der Waals surface area contributed by atoms with Crippen molar-refractivity contribution >= 4 is 39.5 Å². The molecule has 3 amide bonds. The normalized spacial score (nSPS) is 11.8. The van der Waals surface area contributed by atoms with E-state index in [1.54, 1.807) is 6.92 Å². The first-order valence-electron chi connectivity index (χ1n) is 7.62. The van der Waals surface area contributed by atoms with Crippen LogP contribution in [0.5, 0.6) is 0 Å². The zero-order chi connectivity index (χ0) is 17.5. The lowest BCUT2D eigenvalue weighted by molar-refractivity contribution is -0.154. The fraction of sp³-hybridized carbons (Fsp3) is 0.375. The van der Waals surface area contributed by atoms with Crippen LogP contribution in [0, 0.1) is 0 Å². The lowest BCUT2D eigenvalue weighted by atomic mass is 10.3. The van der Waals surface area contributed by atoms with Crippen molar-refractivity contribution in [1.82, 2.24) is 15.6 Å². The van der Waals surface area contributed by atoms with Crippen LogP contribution < -0.4 is 10.6 Å². The highest BCUT2D eigenvalue weighted by atomic mass is 32.1. The van der Waals surface area contributed by atoms with Crippen LogP contribution in [-0.2, 0) is 20.7 Å². The Morgan fingerprint density at radius 1 is 1.29 bits per heavy atom. The minimum atomic E-state index is -1.03.